The Morgan fingerprint density at radius 3 is 2.24 bits per heavy atom. The van der Waals surface area contributed by atoms with Gasteiger partial charge in [0.25, 0.3) is 0 Å². The molecule has 2 aliphatic carbocycles. The van der Waals surface area contributed by atoms with E-state index >= 15 is 0 Å². The topological polar surface area (TPSA) is 9.23 Å². The van der Waals surface area contributed by atoms with Gasteiger partial charge in [0.15, 0.2) is 0 Å². The van der Waals surface area contributed by atoms with Gasteiger partial charge in [0.2, 0.25) is 0 Å². The first-order valence-electron chi connectivity index (χ1n) is 13.6. The fraction of sp³-hybridized carbons (Fsp3) is 0.135. The van der Waals surface area contributed by atoms with Crippen molar-refractivity contribution in [3.05, 3.63) is 150 Å². The van der Waals surface area contributed by atoms with Crippen molar-refractivity contribution in [3.8, 4) is 22.6 Å². The van der Waals surface area contributed by atoms with Crippen molar-refractivity contribution in [3.63, 3.8) is 0 Å². The summed E-state index contributed by atoms with van der Waals surface area (Å²) in [5.41, 5.74) is 9.93. The lowest BCUT2D eigenvalue weighted by Gasteiger charge is -2.32. The van der Waals surface area contributed by atoms with Gasteiger partial charge in [0.1, 0.15) is 11.5 Å². The summed E-state index contributed by atoms with van der Waals surface area (Å²) in [7, 11) is 0. The van der Waals surface area contributed by atoms with Crippen LogP contribution in [0.3, 0.4) is 0 Å². The number of para-hydroxylation sites is 1. The van der Waals surface area contributed by atoms with Crippen molar-refractivity contribution in [1.82, 2.24) is 0 Å². The Morgan fingerprint density at radius 2 is 1.42 bits per heavy atom. The highest BCUT2D eigenvalue weighted by molar-refractivity contribution is 5.96. The number of hydrogen-bond donors (Lipinski definition) is 0. The van der Waals surface area contributed by atoms with Gasteiger partial charge in [-0.1, -0.05) is 103 Å². The van der Waals surface area contributed by atoms with Crippen molar-refractivity contribution in [2.75, 3.05) is 0 Å². The standard InChI is InChI=1S/C37H30O/c1-3-9-26(10-4-1)23-30-25-37-34-21-17-28(24-29(34)18-22-36(37)35-14-8-7-13-33(30)35)27-15-19-32(20-16-27)38-31-11-5-2-6-12-31/h1-6,8-12,14-22,24,30H,7,13,23,25H2. The molecule has 1 unspecified atom stereocenters. The summed E-state index contributed by atoms with van der Waals surface area (Å²) in [5, 5.41) is 2.70. The van der Waals surface area contributed by atoms with Crippen molar-refractivity contribution in [2.45, 2.75) is 25.7 Å². The molecule has 0 aromatic heterocycles. The van der Waals surface area contributed by atoms with E-state index < -0.39 is 0 Å². The number of rotatable bonds is 5. The maximum atomic E-state index is 5.99. The molecule has 0 bridgehead atoms. The highest BCUT2D eigenvalue weighted by Gasteiger charge is 2.28. The summed E-state index contributed by atoms with van der Waals surface area (Å²) in [4.78, 5) is 0. The van der Waals surface area contributed by atoms with Crippen LogP contribution >= 0.6 is 0 Å². The molecule has 1 atom stereocenters. The fourth-order valence-electron chi connectivity index (χ4n) is 6.22. The monoisotopic (exact) mass is 490 g/mol. The number of allylic oxidation sites excluding steroid dienone is 4. The molecular formula is C37H30O. The molecule has 0 fully saturated rings. The van der Waals surface area contributed by atoms with Crippen LogP contribution in [0.4, 0.5) is 0 Å². The third kappa shape index (κ3) is 4.35. The second kappa shape index (κ2) is 9.84. The third-order valence-electron chi connectivity index (χ3n) is 8.07. The Kier molecular flexibility index (Phi) is 5.90. The van der Waals surface area contributed by atoms with E-state index in [0.29, 0.717) is 5.92 Å². The van der Waals surface area contributed by atoms with E-state index in [1.54, 1.807) is 5.57 Å². The first-order chi connectivity index (χ1) is 18.8. The Morgan fingerprint density at radius 1 is 0.684 bits per heavy atom. The van der Waals surface area contributed by atoms with E-state index in [2.05, 4.69) is 97.1 Å². The molecule has 0 amide bonds. The predicted molar refractivity (Wildman–Crippen MR) is 159 cm³/mol. The zero-order chi connectivity index (χ0) is 25.3. The molecule has 0 heterocycles. The van der Waals surface area contributed by atoms with Gasteiger partial charge >= 0.3 is 0 Å². The normalized spacial score (nSPS) is 16.3. The van der Waals surface area contributed by atoms with Gasteiger partial charge < -0.3 is 4.74 Å². The lowest BCUT2D eigenvalue weighted by molar-refractivity contribution is 0.483. The van der Waals surface area contributed by atoms with Crippen LogP contribution in [-0.4, -0.2) is 0 Å². The van der Waals surface area contributed by atoms with Gasteiger partial charge in [-0.15, -0.1) is 0 Å². The van der Waals surface area contributed by atoms with Gasteiger partial charge in [-0.05, 0) is 106 Å². The van der Waals surface area contributed by atoms with E-state index in [9.17, 15) is 0 Å². The number of ether oxygens (including phenoxy) is 1. The Balaban J connectivity index is 1.22. The van der Waals surface area contributed by atoms with E-state index in [0.717, 1.165) is 30.8 Å². The molecule has 0 N–H and O–H groups in total. The molecule has 0 radical (unpaired) electrons. The summed E-state index contributed by atoms with van der Waals surface area (Å²) >= 11 is 0. The molecule has 1 nitrogen and oxygen atoms in total. The maximum absolute atomic E-state index is 5.99. The van der Waals surface area contributed by atoms with Gasteiger partial charge in [-0.25, -0.2) is 0 Å². The average Bonchev–Trinajstić information content (AvgIpc) is 2.98. The zero-order valence-electron chi connectivity index (χ0n) is 21.4. The van der Waals surface area contributed by atoms with Crippen molar-refractivity contribution < 1.29 is 4.74 Å². The predicted octanol–water partition coefficient (Wildman–Crippen LogP) is 9.82. The van der Waals surface area contributed by atoms with Crippen molar-refractivity contribution >= 4 is 16.3 Å². The summed E-state index contributed by atoms with van der Waals surface area (Å²) in [5.74, 6) is 2.27. The molecule has 0 spiro atoms. The van der Waals surface area contributed by atoms with Crippen LogP contribution in [0, 0.1) is 5.92 Å². The summed E-state index contributed by atoms with van der Waals surface area (Å²) in [6.07, 6.45) is 9.30. The lowest BCUT2D eigenvalue weighted by Crippen LogP contribution is -2.20. The lowest BCUT2D eigenvalue weighted by atomic mass is 9.72. The molecule has 184 valence electrons. The molecule has 5 aromatic carbocycles. The van der Waals surface area contributed by atoms with Crippen LogP contribution in [-0.2, 0) is 12.8 Å². The smallest absolute Gasteiger partial charge is 0.127 e. The summed E-state index contributed by atoms with van der Waals surface area (Å²) in [6, 6.07) is 41.0. The largest absolute Gasteiger partial charge is 0.457 e. The first-order valence-corrected chi connectivity index (χ1v) is 13.6. The number of hydrogen-bond acceptors (Lipinski definition) is 1. The Labute approximate surface area is 224 Å². The van der Waals surface area contributed by atoms with Crippen molar-refractivity contribution in [1.29, 1.82) is 0 Å². The van der Waals surface area contributed by atoms with E-state index in [-0.39, 0.29) is 0 Å². The van der Waals surface area contributed by atoms with E-state index in [4.69, 9.17) is 4.74 Å². The molecule has 0 aliphatic heterocycles. The van der Waals surface area contributed by atoms with E-state index in [1.807, 2.05) is 30.3 Å². The number of fused-ring (bicyclic) bond motifs is 4. The van der Waals surface area contributed by atoms with Crippen LogP contribution in [0.25, 0.3) is 27.5 Å². The SMILES string of the molecule is C1=CC2=C(CC1)C(Cc1ccccc1)Cc1c2ccc2cc(-c3ccc(Oc4ccccc4)cc3)ccc12. The Bertz CT molecular complexity index is 1660. The minimum atomic E-state index is 0.562. The van der Waals surface area contributed by atoms with Crippen molar-refractivity contribution in [2.24, 2.45) is 5.92 Å². The van der Waals surface area contributed by atoms with E-state index in [1.165, 1.54) is 50.6 Å². The van der Waals surface area contributed by atoms with Gasteiger partial charge in [-0.2, -0.15) is 0 Å². The maximum Gasteiger partial charge on any atom is 0.127 e. The highest BCUT2D eigenvalue weighted by atomic mass is 16.5. The Hall–Kier alpha value is -4.36. The second-order valence-corrected chi connectivity index (χ2v) is 10.4. The first kappa shape index (κ1) is 22.8. The molecule has 38 heavy (non-hydrogen) atoms. The van der Waals surface area contributed by atoms with Crippen LogP contribution in [0.15, 0.2) is 133 Å². The van der Waals surface area contributed by atoms with Crippen LogP contribution in [0.5, 0.6) is 11.5 Å². The van der Waals surface area contributed by atoms with Gasteiger partial charge in [0.05, 0.1) is 0 Å². The molecule has 1 heteroatoms. The van der Waals surface area contributed by atoms with Gasteiger partial charge in [0, 0.05) is 0 Å². The minimum absolute atomic E-state index is 0.562. The van der Waals surface area contributed by atoms with Crippen LogP contribution in [0.1, 0.15) is 29.5 Å². The fourth-order valence-corrected chi connectivity index (χ4v) is 6.22. The quantitative estimate of drug-likeness (QED) is 0.238. The zero-order valence-corrected chi connectivity index (χ0v) is 21.4. The third-order valence-corrected chi connectivity index (χ3v) is 8.07. The molecular weight excluding hydrogens is 460 g/mol. The molecule has 0 saturated carbocycles. The minimum Gasteiger partial charge on any atom is -0.457 e. The molecule has 0 saturated heterocycles. The second-order valence-electron chi connectivity index (χ2n) is 10.4. The highest BCUT2D eigenvalue weighted by Crippen LogP contribution is 2.44. The van der Waals surface area contributed by atoms with Crippen LogP contribution in [0.2, 0.25) is 0 Å². The molecule has 5 aromatic rings. The average molecular weight is 491 g/mol. The summed E-state index contributed by atoms with van der Waals surface area (Å²) in [6.45, 7) is 0. The van der Waals surface area contributed by atoms with Crippen LogP contribution < -0.4 is 4.74 Å². The number of benzene rings is 5. The molecule has 7 rings (SSSR count). The van der Waals surface area contributed by atoms with Gasteiger partial charge in [-0.3, -0.25) is 0 Å². The molecule has 2 aliphatic rings. The summed E-state index contributed by atoms with van der Waals surface area (Å²) < 4.78 is 5.99.